The number of nitrogens with one attached hydrogen (secondary N) is 2. The number of amides is 2. The lowest BCUT2D eigenvalue weighted by atomic mass is 9.77. The van der Waals surface area contributed by atoms with Crippen molar-refractivity contribution >= 4 is 47.7 Å². The zero-order chi connectivity index (χ0) is 25.3. The van der Waals surface area contributed by atoms with Gasteiger partial charge < -0.3 is 20.3 Å². The number of piperidine rings is 1. The predicted molar refractivity (Wildman–Crippen MR) is 154 cm³/mol. The Hall–Kier alpha value is -1.87. The van der Waals surface area contributed by atoms with E-state index in [4.69, 9.17) is 4.98 Å². The smallest absolute Gasteiger partial charge is 0.248 e. The number of carbonyl (C=O) groups is 2. The van der Waals surface area contributed by atoms with Crippen LogP contribution in [0, 0.1) is 5.92 Å². The second-order valence-electron chi connectivity index (χ2n) is 11.1. The molecular weight excluding hydrogens is 525 g/mol. The molecule has 3 aliphatic rings. The number of likely N-dealkylation sites (tertiary alicyclic amines) is 1. The Kier molecular flexibility index (Phi) is 10.5. The number of imidazole rings is 1. The van der Waals surface area contributed by atoms with Crippen molar-refractivity contribution in [3.05, 3.63) is 30.1 Å². The third kappa shape index (κ3) is 5.69. The molecule has 8 nitrogen and oxygen atoms in total. The Bertz CT molecular complexity index is 1050. The van der Waals surface area contributed by atoms with Crippen LogP contribution < -0.4 is 5.32 Å². The predicted octanol–water partition coefficient (Wildman–Crippen LogP) is 4.37. The Labute approximate surface area is 238 Å². The van der Waals surface area contributed by atoms with Crippen molar-refractivity contribution in [1.82, 2.24) is 25.1 Å². The molecule has 1 aliphatic carbocycles. The highest BCUT2D eigenvalue weighted by Crippen LogP contribution is 2.38. The minimum Gasteiger partial charge on any atom is -0.390 e. The maximum Gasteiger partial charge on any atom is 0.248 e. The van der Waals surface area contributed by atoms with Crippen molar-refractivity contribution in [2.45, 2.75) is 95.4 Å². The molecule has 10 heteroatoms. The average Bonchev–Trinajstić information content (AvgIpc) is 3.35. The zero-order valence-corrected chi connectivity index (χ0v) is 24.2. The number of aromatic amines is 1. The topological polar surface area (TPSA) is 102 Å². The van der Waals surface area contributed by atoms with Crippen LogP contribution in [0.25, 0.3) is 11.0 Å². The summed E-state index contributed by atoms with van der Waals surface area (Å²) in [6.07, 6.45) is 7.37. The number of rotatable bonds is 7. The molecule has 2 saturated heterocycles. The van der Waals surface area contributed by atoms with Crippen LogP contribution >= 0.6 is 24.8 Å². The zero-order valence-electron chi connectivity index (χ0n) is 22.5. The van der Waals surface area contributed by atoms with Crippen LogP contribution in [0.15, 0.2) is 24.3 Å². The Morgan fingerprint density at radius 3 is 2.45 bits per heavy atom. The van der Waals surface area contributed by atoms with Crippen molar-refractivity contribution in [3.63, 3.8) is 0 Å². The average molecular weight is 569 g/mol. The van der Waals surface area contributed by atoms with Gasteiger partial charge in [-0.25, -0.2) is 4.98 Å². The lowest BCUT2D eigenvalue weighted by Gasteiger charge is -2.53. The van der Waals surface area contributed by atoms with Gasteiger partial charge in [0.2, 0.25) is 11.8 Å². The second kappa shape index (κ2) is 13.0. The number of hydrogen-bond donors (Lipinski definition) is 3. The normalized spacial score (nSPS) is 24.0. The summed E-state index contributed by atoms with van der Waals surface area (Å²) in [6, 6.07) is 7.30. The number of aliphatic hydroxyl groups excluding tert-OH is 1. The number of hydrogen-bond acceptors (Lipinski definition) is 5. The number of aromatic nitrogens is 2. The summed E-state index contributed by atoms with van der Waals surface area (Å²) in [4.78, 5) is 39.9. The molecule has 212 valence electrons. The molecule has 1 aromatic heterocycles. The fraction of sp³-hybridized carbons (Fsp3) is 0.679. The number of unbranched alkanes of at least 4 members (excludes halogenated alkanes) is 1. The number of piperazine rings is 1. The number of halogens is 2. The van der Waals surface area contributed by atoms with E-state index >= 15 is 0 Å². The molecule has 3 atom stereocenters. The Morgan fingerprint density at radius 1 is 1.11 bits per heavy atom. The van der Waals surface area contributed by atoms with Gasteiger partial charge >= 0.3 is 0 Å². The summed E-state index contributed by atoms with van der Waals surface area (Å²) in [5, 5.41) is 14.1. The highest BCUT2D eigenvalue weighted by atomic mass is 35.5. The molecule has 2 aliphatic heterocycles. The Balaban J connectivity index is 0.00000200. The van der Waals surface area contributed by atoms with Gasteiger partial charge in [-0.2, -0.15) is 0 Å². The molecular formula is C28H43Cl2N5O3. The van der Waals surface area contributed by atoms with E-state index in [2.05, 4.69) is 29.0 Å². The molecule has 1 spiro atoms. The van der Waals surface area contributed by atoms with Crippen LogP contribution in [-0.4, -0.2) is 74.0 Å². The summed E-state index contributed by atoms with van der Waals surface area (Å²) in [5.74, 6) is 0.824. The van der Waals surface area contributed by atoms with E-state index in [1.807, 2.05) is 29.2 Å². The summed E-state index contributed by atoms with van der Waals surface area (Å²) in [5.41, 5.74) is 1.15. The molecule has 0 bridgehead atoms. The number of benzene rings is 1. The van der Waals surface area contributed by atoms with E-state index in [1.54, 1.807) is 0 Å². The third-order valence-electron chi connectivity index (χ3n) is 8.94. The van der Waals surface area contributed by atoms with Gasteiger partial charge in [-0.05, 0) is 57.1 Å². The Morgan fingerprint density at radius 2 is 1.79 bits per heavy atom. The first kappa shape index (κ1) is 30.7. The van der Waals surface area contributed by atoms with Crippen LogP contribution in [-0.2, 0) is 9.59 Å². The molecule has 3 fully saturated rings. The fourth-order valence-corrected chi connectivity index (χ4v) is 6.58. The highest BCUT2D eigenvalue weighted by Gasteiger charge is 2.55. The van der Waals surface area contributed by atoms with Crippen LogP contribution in [0.2, 0.25) is 0 Å². The minimum atomic E-state index is -0.834. The van der Waals surface area contributed by atoms with Crippen molar-refractivity contribution in [2.75, 3.05) is 19.6 Å². The summed E-state index contributed by atoms with van der Waals surface area (Å²) < 4.78 is 0. The van der Waals surface area contributed by atoms with E-state index in [9.17, 15) is 14.7 Å². The monoisotopic (exact) mass is 567 g/mol. The quantitative estimate of drug-likeness (QED) is 0.461. The maximum absolute atomic E-state index is 13.8. The number of fused-ring (bicyclic) bond motifs is 1. The first-order valence-corrected chi connectivity index (χ1v) is 13.9. The van der Waals surface area contributed by atoms with Gasteiger partial charge in [-0.15, -0.1) is 24.8 Å². The molecule has 2 aromatic rings. The van der Waals surface area contributed by atoms with Crippen molar-refractivity contribution in [1.29, 1.82) is 0 Å². The van der Waals surface area contributed by atoms with Gasteiger partial charge in [0.1, 0.15) is 17.4 Å². The third-order valence-corrected chi connectivity index (χ3v) is 8.94. The van der Waals surface area contributed by atoms with E-state index < -0.39 is 17.7 Å². The molecule has 3 heterocycles. The molecule has 1 aromatic carbocycles. The fourth-order valence-electron chi connectivity index (χ4n) is 6.58. The second-order valence-corrected chi connectivity index (χ2v) is 11.1. The summed E-state index contributed by atoms with van der Waals surface area (Å²) >= 11 is 0. The number of aliphatic hydroxyl groups is 1. The first-order valence-electron chi connectivity index (χ1n) is 13.9. The van der Waals surface area contributed by atoms with E-state index in [0.29, 0.717) is 32.5 Å². The van der Waals surface area contributed by atoms with Crippen LogP contribution in [0.1, 0.15) is 83.5 Å². The van der Waals surface area contributed by atoms with Crippen molar-refractivity contribution < 1.29 is 14.7 Å². The maximum atomic E-state index is 13.8. The van der Waals surface area contributed by atoms with E-state index in [0.717, 1.165) is 55.4 Å². The van der Waals surface area contributed by atoms with Gasteiger partial charge in [0.15, 0.2) is 0 Å². The van der Waals surface area contributed by atoms with Gasteiger partial charge in [0.05, 0.1) is 23.2 Å². The van der Waals surface area contributed by atoms with Gasteiger partial charge in [0, 0.05) is 19.6 Å². The lowest BCUT2D eigenvalue weighted by Crippen LogP contribution is -2.75. The van der Waals surface area contributed by atoms with E-state index in [1.165, 1.54) is 6.42 Å². The largest absolute Gasteiger partial charge is 0.390 e. The van der Waals surface area contributed by atoms with Crippen molar-refractivity contribution in [3.8, 4) is 0 Å². The molecule has 2 amide bonds. The van der Waals surface area contributed by atoms with Gasteiger partial charge in [-0.1, -0.05) is 44.7 Å². The SMILES string of the molecule is CCCCN1C(=O)[C@@H]([C@H](O)C2CCCCC2)NC(=O)C12CCN(C(C)c1nc3ccccc3[nH]1)CC2.Cl.Cl. The number of para-hydroxylation sites is 2. The van der Waals surface area contributed by atoms with Crippen LogP contribution in [0.5, 0.6) is 0 Å². The van der Waals surface area contributed by atoms with E-state index in [-0.39, 0.29) is 48.6 Å². The molecule has 3 N–H and O–H groups in total. The van der Waals surface area contributed by atoms with Gasteiger partial charge in [-0.3, -0.25) is 14.5 Å². The number of nitrogens with zero attached hydrogens (tertiary/aromatic N) is 3. The van der Waals surface area contributed by atoms with Crippen LogP contribution in [0.4, 0.5) is 0 Å². The molecule has 1 saturated carbocycles. The summed E-state index contributed by atoms with van der Waals surface area (Å²) in [7, 11) is 0. The number of carbonyl (C=O) groups excluding carboxylic acids is 2. The first-order chi connectivity index (χ1) is 17.4. The summed E-state index contributed by atoms with van der Waals surface area (Å²) in [6.45, 7) is 6.23. The minimum absolute atomic E-state index is 0. The molecule has 5 rings (SSSR count). The van der Waals surface area contributed by atoms with Gasteiger partial charge in [0.25, 0.3) is 0 Å². The molecule has 0 radical (unpaired) electrons. The number of H-pyrrole nitrogens is 1. The van der Waals surface area contributed by atoms with Crippen molar-refractivity contribution in [2.24, 2.45) is 5.92 Å². The lowest BCUT2D eigenvalue weighted by molar-refractivity contribution is -0.166. The molecule has 1 unspecified atom stereocenters. The standard InChI is InChI=1S/C28H41N5O3.2ClH/c1-3-4-16-33-26(35)23(24(34)20-10-6-5-7-11-20)31-27(36)28(33)14-17-32(18-15-28)19(2)25-29-21-12-8-9-13-22(21)30-25;;/h8-9,12-13,19-20,23-24,34H,3-7,10-11,14-18H2,1-2H3,(H,29,30)(H,31,36);2*1H/t19?,23-,24-;;/m1../s1. The molecule has 38 heavy (non-hydrogen) atoms. The highest BCUT2D eigenvalue weighted by molar-refractivity contribution is 6.00. The van der Waals surface area contributed by atoms with Crippen LogP contribution in [0.3, 0.4) is 0 Å².